The zero-order chi connectivity index (χ0) is 58.7. The summed E-state index contributed by atoms with van der Waals surface area (Å²) in [6.07, 6.45) is 83.9. The minimum atomic E-state index is -4.39. The first-order valence-corrected chi connectivity index (χ1v) is 37.0. The third-order valence-corrected chi connectivity index (χ3v) is 17.0. The van der Waals surface area contributed by atoms with Crippen LogP contribution in [-0.4, -0.2) is 49.3 Å². The first kappa shape index (κ1) is 79.2. The van der Waals surface area contributed by atoms with Crippen molar-refractivity contribution >= 4 is 19.8 Å². The monoisotopic (exact) mass is 1160 g/mol. The second kappa shape index (κ2) is 67.4. The van der Waals surface area contributed by atoms with E-state index in [1.807, 2.05) is 0 Å². The number of allylic oxidation sites excluding steroid dienone is 6. The van der Waals surface area contributed by atoms with Gasteiger partial charge in [0, 0.05) is 19.4 Å². The lowest BCUT2D eigenvalue weighted by Crippen LogP contribution is -2.29. The number of carbonyl (C=O) groups excluding carboxylic acids is 2. The summed E-state index contributed by atoms with van der Waals surface area (Å²) in [5, 5.41) is 0. The summed E-state index contributed by atoms with van der Waals surface area (Å²) in [4.78, 5) is 35.4. The Labute approximate surface area is 503 Å². The van der Waals surface area contributed by atoms with Crippen LogP contribution in [0.2, 0.25) is 0 Å². The van der Waals surface area contributed by atoms with Crippen LogP contribution >= 0.6 is 7.82 Å². The Balaban J connectivity index is 3.82. The summed E-state index contributed by atoms with van der Waals surface area (Å²) in [7, 11) is -4.39. The average Bonchev–Trinajstić information content (AvgIpc) is 3.46. The van der Waals surface area contributed by atoms with Crippen LogP contribution in [-0.2, 0) is 32.7 Å². The fraction of sp³-hybridized carbons (Fsp3) is 0.887. The van der Waals surface area contributed by atoms with Crippen LogP contribution in [0, 0.1) is 0 Å². The van der Waals surface area contributed by atoms with Crippen LogP contribution in [0.1, 0.15) is 373 Å². The van der Waals surface area contributed by atoms with Crippen molar-refractivity contribution in [3.63, 3.8) is 0 Å². The van der Waals surface area contributed by atoms with Gasteiger partial charge in [-0.2, -0.15) is 0 Å². The number of phosphoric ester groups is 1. The van der Waals surface area contributed by atoms with E-state index in [1.54, 1.807) is 0 Å². The highest BCUT2D eigenvalue weighted by atomic mass is 31.2. The topological polar surface area (TPSA) is 134 Å². The normalized spacial score (nSPS) is 13.1. The number of rotatable bonds is 68. The predicted molar refractivity (Wildman–Crippen MR) is 349 cm³/mol. The maximum absolute atomic E-state index is 12.8. The molecule has 0 bridgehead atoms. The number of carbonyl (C=O) groups is 2. The maximum atomic E-state index is 12.8. The van der Waals surface area contributed by atoms with Crippen LogP contribution in [0.3, 0.4) is 0 Å². The molecule has 0 spiro atoms. The first-order valence-electron chi connectivity index (χ1n) is 35.5. The van der Waals surface area contributed by atoms with Gasteiger partial charge >= 0.3 is 19.8 Å². The van der Waals surface area contributed by atoms with Gasteiger partial charge in [0.1, 0.15) is 6.61 Å². The van der Waals surface area contributed by atoms with E-state index < -0.39 is 26.5 Å². The van der Waals surface area contributed by atoms with E-state index in [1.165, 1.54) is 295 Å². The van der Waals surface area contributed by atoms with Gasteiger partial charge in [0.2, 0.25) is 0 Å². The van der Waals surface area contributed by atoms with Crippen LogP contribution in [0.5, 0.6) is 0 Å². The molecule has 9 nitrogen and oxygen atoms in total. The van der Waals surface area contributed by atoms with Crippen molar-refractivity contribution in [2.45, 2.75) is 380 Å². The molecule has 0 aliphatic carbocycles. The molecule has 2 unspecified atom stereocenters. The molecule has 0 heterocycles. The zero-order valence-corrected chi connectivity index (χ0v) is 54.7. The lowest BCUT2D eigenvalue weighted by atomic mass is 10.0. The molecule has 0 aliphatic rings. The summed E-state index contributed by atoms with van der Waals surface area (Å²) in [5.74, 6) is -0.804. The molecular weight excluding hydrogens is 1030 g/mol. The van der Waals surface area contributed by atoms with Crippen molar-refractivity contribution < 1.29 is 37.6 Å². The van der Waals surface area contributed by atoms with Crippen LogP contribution in [0.4, 0.5) is 0 Å². The number of hydrogen-bond acceptors (Lipinski definition) is 8. The molecule has 0 amide bonds. The van der Waals surface area contributed by atoms with Crippen LogP contribution in [0.25, 0.3) is 0 Å². The van der Waals surface area contributed by atoms with E-state index in [9.17, 15) is 19.0 Å². The lowest BCUT2D eigenvalue weighted by molar-refractivity contribution is -0.161. The second-order valence-corrected chi connectivity index (χ2v) is 25.6. The van der Waals surface area contributed by atoms with Crippen molar-refractivity contribution in [3.05, 3.63) is 36.5 Å². The molecule has 81 heavy (non-hydrogen) atoms. The number of hydrogen-bond donors (Lipinski definition) is 2. The number of phosphoric acid groups is 1. The van der Waals surface area contributed by atoms with Crippen molar-refractivity contribution in [3.8, 4) is 0 Å². The SMILES string of the molecule is CCCCCCC/C=C\C/C=C\C/C=C\CCCCCCCCCCCCCCCCCCCCC(=O)OC(COC(=O)CCCCCCCCCCCCCCCCCCCCCCCCCCCCC)COP(=O)(O)OCCN. The van der Waals surface area contributed by atoms with E-state index >= 15 is 0 Å². The minimum absolute atomic E-state index is 0.0562. The third-order valence-electron chi connectivity index (χ3n) is 16.0. The molecule has 0 fully saturated rings. The van der Waals surface area contributed by atoms with Gasteiger partial charge < -0.3 is 20.1 Å². The van der Waals surface area contributed by atoms with Crippen molar-refractivity contribution in [1.29, 1.82) is 0 Å². The third kappa shape index (κ3) is 67.2. The average molecular weight is 1160 g/mol. The molecule has 3 N–H and O–H groups in total. The highest BCUT2D eigenvalue weighted by Gasteiger charge is 2.26. The fourth-order valence-corrected chi connectivity index (χ4v) is 11.5. The number of ether oxygens (including phenoxy) is 2. The first-order chi connectivity index (χ1) is 39.8. The quantitative estimate of drug-likeness (QED) is 0.0264. The van der Waals surface area contributed by atoms with E-state index in [0.29, 0.717) is 6.42 Å². The highest BCUT2D eigenvalue weighted by molar-refractivity contribution is 7.47. The van der Waals surface area contributed by atoms with Gasteiger partial charge in [0.15, 0.2) is 6.10 Å². The van der Waals surface area contributed by atoms with Gasteiger partial charge in [-0.3, -0.25) is 18.6 Å². The Morgan fingerprint density at radius 3 is 0.951 bits per heavy atom. The largest absolute Gasteiger partial charge is 0.472 e. The summed E-state index contributed by atoms with van der Waals surface area (Å²) in [5.41, 5.74) is 5.40. The van der Waals surface area contributed by atoms with Crippen LogP contribution < -0.4 is 5.73 Å². The summed E-state index contributed by atoms with van der Waals surface area (Å²) in [6, 6.07) is 0. The van der Waals surface area contributed by atoms with Gasteiger partial charge in [0.05, 0.1) is 13.2 Å². The van der Waals surface area contributed by atoms with Crippen LogP contribution in [0.15, 0.2) is 36.5 Å². The Kier molecular flexibility index (Phi) is 65.9. The van der Waals surface area contributed by atoms with Crippen molar-refractivity contribution in [1.82, 2.24) is 0 Å². The Bertz CT molecular complexity index is 1420. The van der Waals surface area contributed by atoms with Gasteiger partial charge in [-0.15, -0.1) is 0 Å². The van der Waals surface area contributed by atoms with E-state index in [-0.39, 0.29) is 38.6 Å². The zero-order valence-electron chi connectivity index (χ0n) is 53.8. The maximum Gasteiger partial charge on any atom is 0.472 e. The van der Waals surface area contributed by atoms with Gasteiger partial charge in [-0.25, -0.2) is 4.57 Å². The molecule has 0 saturated heterocycles. The Morgan fingerprint density at radius 1 is 0.370 bits per heavy atom. The van der Waals surface area contributed by atoms with Gasteiger partial charge in [-0.1, -0.05) is 346 Å². The number of nitrogens with two attached hydrogens (primary N) is 1. The predicted octanol–water partition coefficient (Wildman–Crippen LogP) is 23.1. The molecule has 0 radical (unpaired) electrons. The summed E-state index contributed by atoms with van der Waals surface area (Å²) >= 11 is 0. The molecule has 0 aromatic rings. The second-order valence-electron chi connectivity index (χ2n) is 24.1. The summed E-state index contributed by atoms with van der Waals surface area (Å²) in [6.45, 7) is 3.81. The molecule has 0 rings (SSSR count). The van der Waals surface area contributed by atoms with Crippen molar-refractivity contribution in [2.24, 2.45) is 5.73 Å². The number of unbranched alkanes of at least 4 members (excludes halogenated alkanes) is 49. The van der Waals surface area contributed by atoms with Gasteiger partial charge in [-0.05, 0) is 51.4 Å². The Morgan fingerprint density at radius 2 is 0.642 bits per heavy atom. The molecule has 0 aromatic carbocycles. The molecule has 0 aromatic heterocycles. The highest BCUT2D eigenvalue weighted by Crippen LogP contribution is 2.43. The molecule has 10 heteroatoms. The molecular formula is C71H136NO8P. The smallest absolute Gasteiger partial charge is 0.462 e. The summed E-state index contributed by atoms with van der Waals surface area (Å²) < 4.78 is 33.2. The Hall–Kier alpha value is -1.77. The van der Waals surface area contributed by atoms with E-state index in [4.69, 9.17) is 24.3 Å². The van der Waals surface area contributed by atoms with Gasteiger partial charge in [0.25, 0.3) is 0 Å². The molecule has 478 valence electrons. The molecule has 0 saturated carbocycles. The molecule has 0 aliphatic heterocycles. The van der Waals surface area contributed by atoms with E-state index in [2.05, 4.69) is 50.3 Å². The molecule has 2 atom stereocenters. The lowest BCUT2D eigenvalue weighted by Gasteiger charge is -2.19. The fourth-order valence-electron chi connectivity index (χ4n) is 10.8. The van der Waals surface area contributed by atoms with E-state index in [0.717, 1.165) is 44.9 Å². The number of esters is 2. The standard InChI is InChI=1S/C71H136NO8P/c1-3-5-7-9-11-13-15-17-19-21-23-25-27-29-31-32-33-34-35-36-38-40-42-44-46-48-50-52-54-56-58-60-62-64-71(74)80-69(68-79-81(75,76)78-66-65-72)67-77-70(73)63-61-59-57-55-53-51-49-47-45-43-41-39-37-30-28-26-24-22-20-18-16-14-12-10-8-6-4-2/h15,17,21,23,27,29,69H,3-14,16,18-20,22,24-26,28,30-68,72H2,1-2H3,(H,75,76)/b17-15-,23-21-,29-27-. The van der Waals surface area contributed by atoms with Crippen molar-refractivity contribution in [2.75, 3.05) is 26.4 Å². The minimum Gasteiger partial charge on any atom is -0.462 e.